The van der Waals surface area contributed by atoms with Crippen LogP contribution in [0.2, 0.25) is 0 Å². The Morgan fingerprint density at radius 3 is 2.33 bits per heavy atom. The van der Waals surface area contributed by atoms with E-state index in [2.05, 4.69) is 5.32 Å². The first kappa shape index (κ1) is 22.5. The second-order valence-electron chi connectivity index (χ2n) is 9.77. The first-order chi connectivity index (χ1) is 17.5. The normalized spacial score (nSPS) is 21.3. The third kappa shape index (κ3) is 3.96. The molecular weight excluding hydrogens is 455 g/mol. The van der Waals surface area contributed by atoms with Gasteiger partial charge < -0.3 is 10.1 Å². The highest BCUT2D eigenvalue weighted by Crippen LogP contribution is 2.49. The average Bonchev–Trinajstić information content (AvgIpc) is 3.75. The average molecular weight is 483 g/mol. The molecule has 1 amide bonds. The molecule has 36 heavy (non-hydrogen) atoms. The predicted molar refractivity (Wildman–Crippen MR) is 136 cm³/mol. The van der Waals surface area contributed by atoms with Gasteiger partial charge in [0.05, 0.1) is 24.5 Å². The highest BCUT2D eigenvalue weighted by molar-refractivity contribution is 6.07. The number of hydrogen-bond donors (Lipinski definition) is 1. The zero-order valence-corrected chi connectivity index (χ0v) is 20.0. The standard InChI is InChI=1S/C30H27FN2O3/c1-36-23-14-10-18(11-15-23)21-16-25-28(27(34)17-21)29(19-8-12-22(31)13-9-19)33(30(35)20-6-7-20)26-5-3-2-4-24(26)32-25/h2-5,8-15,20-21,29,32H,6-7,16-17H2,1H3. The van der Waals surface area contributed by atoms with E-state index in [0.29, 0.717) is 18.4 Å². The van der Waals surface area contributed by atoms with E-state index in [-0.39, 0.29) is 29.3 Å². The minimum Gasteiger partial charge on any atom is -0.497 e. The lowest BCUT2D eigenvalue weighted by atomic mass is 9.78. The predicted octanol–water partition coefficient (Wildman–Crippen LogP) is 6.14. The summed E-state index contributed by atoms with van der Waals surface area (Å²) in [7, 11) is 1.63. The molecule has 0 saturated heterocycles. The summed E-state index contributed by atoms with van der Waals surface area (Å²) in [6.45, 7) is 0. The topological polar surface area (TPSA) is 58.6 Å². The Bertz CT molecular complexity index is 1360. The van der Waals surface area contributed by atoms with Crippen LogP contribution in [0.5, 0.6) is 5.75 Å². The number of ether oxygens (including phenoxy) is 1. The summed E-state index contributed by atoms with van der Waals surface area (Å²) < 4.78 is 19.2. The molecule has 0 aromatic heterocycles. The van der Waals surface area contributed by atoms with Crippen LogP contribution in [0.15, 0.2) is 84.1 Å². The van der Waals surface area contributed by atoms with Gasteiger partial charge in [-0.25, -0.2) is 4.39 Å². The second-order valence-corrected chi connectivity index (χ2v) is 9.77. The minimum absolute atomic E-state index is 0.000274. The molecule has 3 aromatic rings. The molecule has 0 spiro atoms. The highest BCUT2D eigenvalue weighted by Gasteiger charge is 2.44. The smallest absolute Gasteiger partial charge is 0.231 e. The Morgan fingerprint density at radius 1 is 0.944 bits per heavy atom. The van der Waals surface area contributed by atoms with E-state index in [9.17, 15) is 14.0 Å². The number of allylic oxidation sites excluding steroid dienone is 1. The number of methoxy groups -OCH3 is 1. The molecule has 1 aliphatic heterocycles. The SMILES string of the molecule is COc1ccc(C2CC(=O)C3=C(C2)Nc2ccccc2N(C(=O)C2CC2)C3c2ccc(F)cc2)cc1. The molecule has 5 nitrogen and oxygen atoms in total. The zero-order valence-electron chi connectivity index (χ0n) is 20.0. The van der Waals surface area contributed by atoms with Crippen molar-refractivity contribution in [1.82, 2.24) is 0 Å². The molecule has 6 rings (SSSR count). The summed E-state index contributed by atoms with van der Waals surface area (Å²) in [6, 6.07) is 21.1. The maximum atomic E-state index is 13.9. The number of rotatable bonds is 4. The van der Waals surface area contributed by atoms with Crippen LogP contribution in [0.1, 0.15) is 48.8 Å². The molecule has 0 bridgehead atoms. The summed E-state index contributed by atoms with van der Waals surface area (Å²) >= 11 is 0. The number of amides is 1. The van der Waals surface area contributed by atoms with Gasteiger partial charge in [-0.2, -0.15) is 0 Å². The van der Waals surface area contributed by atoms with Crippen LogP contribution in [0.3, 0.4) is 0 Å². The Morgan fingerprint density at radius 2 is 1.64 bits per heavy atom. The largest absolute Gasteiger partial charge is 0.497 e. The summed E-state index contributed by atoms with van der Waals surface area (Å²) in [5.74, 6) is 0.385. The van der Waals surface area contributed by atoms with Crippen molar-refractivity contribution in [2.45, 2.75) is 37.6 Å². The van der Waals surface area contributed by atoms with E-state index in [1.807, 2.05) is 48.5 Å². The van der Waals surface area contributed by atoms with E-state index in [1.54, 1.807) is 24.1 Å². The number of anilines is 2. The molecule has 3 aliphatic rings. The molecular formula is C30H27FN2O3. The van der Waals surface area contributed by atoms with Gasteiger partial charge in [0.25, 0.3) is 0 Å². The number of carbonyl (C=O) groups is 2. The fourth-order valence-electron chi connectivity index (χ4n) is 5.43. The van der Waals surface area contributed by atoms with E-state index in [4.69, 9.17) is 4.74 Å². The quantitative estimate of drug-likeness (QED) is 0.485. The minimum atomic E-state index is -0.617. The molecule has 1 heterocycles. The van der Waals surface area contributed by atoms with Gasteiger partial charge in [-0.15, -0.1) is 0 Å². The lowest BCUT2D eigenvalue weighted by Crippen LogP contribution is -2.39. The molecule has 182 valence electrons. The van der Waals surface area contributed by atoms with E-state index < -0.39 is 6.04 Å². The van der Waals surface area contributed by atoms with E-state index >= 15 is 0 Å². The summed E-state index contributed by atoms with van der Waals surface area (Å²) in [5.41, 5.74) is 4.75. The first-order valence-electron chi connectivity index (χ1n) is 12.4. The number of para-hydroxylation sites is 2. The van der Waals surface area contributed by atoms with Gasteiger partial charge >= 0.3 is 0 Å². The molecule has 2 aliphatic carbocycles. The summed E-state index contributed by atoms with van der Waals surface area (Å²) in [4.78, 5) is 29.4. The van der Waals surface area contributed by atoms with E-state index in [0.717, 1.165) is 46.8 Å². The van der Waals surface area contributed by atoms with Crippen LogP contribution in [-0.2, 0) is 9.59 Å². The van der Waals surface area contributed by atoms with Gasteiger partial charge in [0.2, 0.25) is 5.91 Å². The van der Waals surface area contributed by atoms with Crippen LogP contribution in [0.4, 0.5) is 15.8 Å². The number of fused-ring (bicyclic) bond motifs is 1. The molecule has 6 heteroatoms. The van der Waals surface area contributed by atoms with Crippen LogP contribution in [0.25, 0.3) is 0 Å². The Balaban J connectivity index is 1.50. The Labute approximate surface area is 209 Å². The van der Waals surface area contributed by atoms with Gasteiger partial charge in [0, 0.05) is 23.6 Å². The van der Waals surface area contributed by atoms with Crippen molar-refractivity contribution in [3.8, 4) is 5.75 Å². The number of halogens is 1. The van der Waals surface area contributed by atoms with Crippen molar-refractivity contribution in [2.24, 2.45) is 5.92 Å². The van der Waals surface area contributed by atoms with Crippen molar-refractivity contribution in [3.05, 3.63) is 101 Å². The number of benzene rings is 3. The third-order valence-corrected chi connectivity index (χ3v) is 7.43. The lowest BCUT2D eigenvalue weighted by molar-refractivity contribution is -0.120. The monoisotopic (exact) mass is 482 g/mol. The number of hydrogen-bond acceptors (Lipinski definition) is 4. The van der Waals surface area contributed by atoms with Crippen molar-refractivity contribution < 1.29 is 18.7 Å². The number of carbonyl (C=O) groups excluding carboxylic acids is 2. The van der Waals surface area contributed by atoms with E-state index in [1.165, 1.54) is 12.1 Å². The molecule has 0 radical (unpaired) electrons. The second kappa shape index (κ2) is 8.94. The summed E-state index contributed by atoms with van der Waals surface area (Å²) in [5, 5.41) is 3.54. The molecule has 1 saturated carbocycles. The number of Topliss-reactive ketones (excluding diaryl/α,β-unsaturated/α-hetero) is 1. The molecule has 1 fully saturated rings. The maximum absolute atomic E-state index is 13.9. The van der Waals surface area contributed by atoms with Crippen LogP contribution >= 0.6 is 0 Å². The molecule has 2 unspecified atom stereocenters. The number of nitrogens with one attached hydrogen (secondary N) is 1. The van der Waals surface area contributed by atoms with Crippen molar-refractivity contribution in [1.29, 1.82) is 0 Å². The number of nitrogens with zero attached hydrogens (tertiary/aromatic N) is 1. The Hall–Kier alpha value is -3.93. The van der Waals surface area contributed by atoms with Crippen LogP contribution in [0, 0.1) is 11.7 Å². The van der Waals surface area contributed by atoms with Gasteiger partial charge in [-0.3, -0.25) is 14.5 Å². The lowest BCUT2D eigenvalue weighted by Gasteiger charge is -2.35. The first-order valence-corrected chi connectivity index (χ1v) is 12.4. The van der Waals surface area contributed by atoms with Gasteiger partial charge in [-0.1, -0.05) is 36.4 Å². The van der Waals surface area contributed by atoms with Crippen molar-refractivity contribution >= 4 is 23.1 Å². The molecule has 1 N–H and O–H groups in total. The van der Waals surface area contributed by atoms with Gasteiger partial charge in [0.1, 0.15) is 11.6 Å². The van der Waals surface area contributed by atoms with Crippen molar-refractivity contribution in [3.63, 3.8) is 0 Å². The summed E-state index contributed by atoms with van der Waals surface area (Å²) in [6.07, 6.45) is 2.66. The molecule has 3 aromatic carbocycles. The Kier molecular flexibility index (Phi) is 5.59. The van der Waals surface area contributed by atoms with Crippen LogP contribution < -0.4 is 15.0 Å². The van der Waals surface area contributed by atoms with Crippen LogP contribution in [-0.4, -0.2) is 18.8 Å². The number of ketones is 1. The fourth-order valence-corrected chi connectivity index (χ4v) is 5.43. The third-order valence-electron chi connectivity index (χ3n) is 7.43. The highest BCUT2D eigenvalue weighted by atomic mass is 19.1. The fraction of sp³-hybridized carbons (Fsp3) is 0.267. The zero-order chi connectivity index (χ0) is 24.8. The molecule has 2 atom stereocenters. The van der Waals surface area contributed by atoms with Gasteiger partial charge in [-0.05, 0) is 72.7 Å². The van der Waals surface area contributed by atoms with Crippen molar-refractivity contribution in [2.75, 3.05) is 17.3 Å². The maximum Gasteiger partial charge on any atom is 0.231 e. The van der Waals surface area contributed by atoms with Gasteiger partial charge in [0.15, 0.2) is 5.78 Å².